The zero-order valence-corrected chi connectivity index (χ0v) is 9.94. The van der Waals surface area contributed by atoms with Gasteiger partial charge in [-0.3, -0.25) is 0 Å². The normalized spacial score (nSPS) is 21.5. The Labute approximate surface area is 95.8 Å². The molecule has 2 nitrogen and oxygen atoms in total. The summed E-state index contributed by atoms with van der Waals surface area (Å²) in [5.74, 6) is 1.14. The molecule has 0 saturated carbocycles. The van der Waals surface area contributed by atoms with E-state index in [0.717, 1.165) is 25.4 Å². The Morgan fingerprint density at radius 2 is 2.07 bits per heavy atom. The highest BCUT2D eigenvalue weighted by atomic mass is 32.2. The molecule has 1 aromatic rings. The first-order valence-electron chi connectivity index (χ1n) is 5.57. The highest BCUT2D eigenvalue weighted by molar-refractivity contribution is 7.99. The van der Waals surface area contributed by atoms with Crippen LogP contribution in [-0.2, 0) is 0 Å². The predicted molar refractivity (Wildman–Crippen MR) is 66.5 cm³/mol. The van der Waals surface area contributed by atoms with Crippen molar-refractivity contribution in [2.45, 2.75) is 17.9 Å². The van der Waals surface area contributed by atoms with Gasteiger partial charge in [0.1, 0.15) is 0 Å². The molecular weight excluding hydrogens is 204 g/mol. The molecule has 2 N–H and O–H groups in total. The quantitative estimate of drug-likeness (QED) is 0.765. The second-order valence-electron chi connectivity index (χ2n) is 3.71. The van der Waals surface area contributed by atoms with Crippen LogP contribution in [0.25, 0.3) is 0 Å². The van der Waals surface area contributed by atoms with Crippen molar-refractivity contribution in [3.8, 4) is 0 Å². The zero-order valence-electron chi connectivity index (χ0n) is 9.12. The molecule has 1 heterocycles. The van der Waals surface area contributed by atoms with Crippen molar-refractivity contribution in [3.63, 3.8) is 0 Å². The summed E-state index contributed by atoms with van der Waals surface area (Å²) in [6.45, 7) is 5.38. The third-order valence-corrected chi connectivity index (χ3v) is 3.53. The Hall–Kier alpha value is -0.510. The van der Waals surface area contributed by atoms with Gasteiger partial charge in [0, 0.05) is 30.6 Å². The second kappa shape index (κ2) is 5.54. The van der Waals surface area contributed by atoms with E-state index in [2.05, 4.69) is 41.8 Å². The molecule has 0 aromatic heterocycles. The number of piperazine rings is 1. The molecule has 0 amide bonds. The molecule has 15 heavy (non-hydrogen) atoms. The molecule has 1 aliphatic heterocycles. The summed E-state index contributed by atoms with van der Waals surface area (Å²) >= 11 is 1.89. The van der Waals surface area contributed by atoms with E-state index in [-0.39, 0.29) is 0 Å². The lowest BCUT2D eigenvalue weighted by Crippen LogP contribution is -2.42. The van der Waals surface area contributed by atoms with Gasteiger partial charge in [-0.1, -0.05) is 19.1 Å². The molecule has 2 rings (SSSR count). The van der Waals surface area contributed by atoms with Gasteiger partial charge in [0.05, 0.1) is 0 Å². The molecule has 1 saturated heterocycles. The van der Waals surface area contributed by atoms with Crippen LogP contribution in [0.4, 0.5) is 0 Å². The van der Waals surface area contributed by atoms with Gasteiger partial charge in [0.15, 0.2) is 0 Å². The van der Waals surface area contributed by atoms with E-state index in [9.17, 15) is 0 Å². The van der Waals surface area contributed by atoms with Crippen LogP contribution in [0, 0.1) is 0 Å². The number of thioether (sulfide) groups is 1. The van der Waals surface area contributed by atoms with Crippen molar-refractivity contribution < 1.29 is 0 Å². The van der Waals surface area contributed by atoms with Gasteiger partial charge in [0.25, 0.3) is 0 Å². The molecular formula is C12H18N2S. The van der Waals surface area contributed by atoms with Crippen molar-refractivity contribution in [2.24, 2.45) is 0 Å². The maximum Gasteiger partial charge on any atom is 0.0447 e. The topological polar surface area (TPSA) is 24.1 Å². The first-order chi connectivity index (χ1) is 7.40. The first-order valence-corrected chi connectivity index (χ1v) is 6.55. The second-order valence-corrected chi connectivity index (χ2v) is 5.05. The minimum absolute atomic E-state index is 0.486. The van der Waals surface area contributed by atoms with E-state index >= 15 is 0 Å². The van der Waals surface area contributed by atoms with Crippen LogP contribution in [0.3, 0.4) is 0 Å². The van der Waals surface area contributed by atoms with E-state index in [4.69, 9.17) is 0 Å². The summed E-state index contributed by atoms with van der Waals surface area (Å²) in [5.41, 5.74) is 1.39. The van der Waals surface area contributed by atoms with Gasteiger partial charge in [-0.2, -0.15) is 0 Å². The van der Waals surface area contributed by atoms with Crippen LogP contribution in [0.1, 0.15) is 18.5 Å². The molecule has 1 aliphatic rings. The number of nitrogens with one attached hydrogen (secondary N) is 2. The van der Waals surface area contributed by atoms with Gasteiger partial charge in [-0.05, 0) is 23.4 Å². The molecule has 0 unspecified atom stereocenters. The van der Waals surface area contributed by atoms with E-state index in [1.807, 2.05) is 11.8 Å². The molecule has 0 radical (unpaired) electrons. The van der Waals surface area contributed by atoms with Crippen LogP contribution >= 0.6 is 11.8 Å². The van der Waals surface area contributed by atoms with Crippen molar-refractivity contribution >= 4 is 11.8 Å². The predicted octanol–water partition coefficient (Wildman–Crippen LogP) is 2.03. The first kappa shape index (κ1) is 11.0. The molecule has 82 valence electrons. The molecule has 3 heteroatoms. The lowest BCUT2D eigenvalue weighted by molar-refractivity contribution is 0.430. The third-order valence-electron chi connectivity index (χ3n) is 2.63. The SMILES string of the molecule is CCSc1ccc([C@@H]2CNCCN2)cc1. The summed E-state index contributed by atoms with van der Waals surface area (Å²) in [5, 5.41) is 6.92. The van der Waals surface area contributed by atoms with Crippen LogP contribution < -0.4 is 10.6 Å². The van der Waals surface area contributed by atoms with Crippen LogP contribution in [0.2, 0.25) is 0 Å². The Balaban J connectivity index is 2.02. The van der Waals surface area contributed by atoms with Crippen LogP contribution in [0.5, 0.6) is 0 Å². The molecule has 1 aromatic carbocycles. The summed E-state index contributed by atoms with van der Waals surface area (Å²) in [6, 6.07) is 9.41. The minimum Gasteiger partial charge on any atom is -0.314 e. The fraction of sp³-hybridized carbons (Fsp3) is 0.500. The largest absolute Gasteiger partial charge is 0.314 e. The van der Waals surface area contributed by atoms with E-state index in [0.29, 0.717) is 6.04 Å². The van der Waals surface area contributed by atoms with Crippen molar-refractivity contribution in [2.75, 3.05) is 25.4 Å². The fourth-order valence-corrected chi connectivity index (χ4v) is 2.51. The van der Waals surface area contributed by atoms with Crippen LogP contribution in [0.15, 0.2) is 29.2 Å². The summed E-state index contributed by atoms with van der Waals surface area (Å²) in [4.78, 5) is 1.37. The lowest BCUT2D eigenvalue weighted by atomic mass is 10.1. The molecule has 0 bridgehead atoms. The highest BCUT2D eigenvalue weighted by Crippen LogP contribution is 2.21. The lowest BCUT2D eigenvalue weighted by Gasteiger charge is -2.24. The molecule has 1 atom stereocenters. The van der Waals surface area contributed by atoms with E-state index in [1.165, 1.54) is 10.5 Å². The van der Waals surface area contributed by atoms with Gasteiger partial charge in [-0.25, -0.2) is 0 Å². The Morgan fingerprint density at radius 3 is 2.67 bits per heavy atom. The van der Waals surface area contributed by atoms with Gasteiger partial charge in [0.2, 0.25) is 0 Å². The van der Waals surface area contributed by atoms with Gasteiger partial charge < -0.3 is 10.6 Å². The average Bonchev–Trinajstić information content (AvgIpc) is 2.32. The van der Waals surface area contributed by atoms with Gasteiger partial charge in [-0.15, -0.1) is 11.8 Å². The monoisotopic (exact) mass is 222 g/mol. The fourth-order valence-electron chi connectivity index (χ4n) is 1.85. The highest BCUT2D eigenvalue weighted by Gasteiger charge is 2.13. The molecule has 0 spiro atoms. The average molecular weight is 222 g/mol. The van der Waals surface area contributed by atoms with Crippen molar-refractivity contribution in [1.82, 2.24) is 10.6 Å². The zero-order chi connectivity index (χ0) is 10.5. The van der Waals surface area contributed by atoms with Crippen LogP contribution in [-0.4, -0.2) is 25.4 Å². The van der Waals surface area contributed by atoms with Gasteiger partial charge >= 0.3 is 0 Å². The Kier molecular flexibility index (Phi) is 4.06. The van der Waals surface area contributed by atoms with E-state index in [1.54, 1.807) is 0 Å². The standard InChI is InChI=1S/C12H18N2S/c1-2-15-11-5-3-10(4-6-11)12-9-13-7-8-14-12/h3-6,12-14H,2,7-9H2,1H3/t12-/m0/s1. The Morgan fingerprint density at radius 1 is 1.27 bits per heavy atom. The summed E-state index contributed by atoms with van der Waals surface area (Å²) in [7, 11) is 0. The maximum absolute atomic E-state index is 3.52. The third kappa shape index (κ3) is 2.97. The summed E-state index contributed by atoms with van der Waals surface area (Å²) in [6.07, 6.45) is 0. The minimum atomic E-state index is 0.486. The summed E-state index contributed by atoms with van der Waals surface area (Å²) < 4.78 is 0. The molecule has 1 fully saturated rings. The smallest absolute Gasteiger partial charge is 0.0447 e. The number of hydrogen-bond acceptors (Lipinski definition) is 3. The maximum atomic E-state index is 3.52. The number of rotatable bonds is 3. The van der Waals surface area contributed by atoms with Crippen molar-refractivity contribution in [1.29, 1.82) is 0 Å². The number of benzene rings is 1. The Bertz CT molecular complexity index is 291. The molecule has 0 aliphatic carbocycles. The van der Waals surface area contributed by atoms with Crippen molar-refractivity contribution in [3.05, 3.63) is 29.8 Å². The number of hydrogen-bond donors (Lipinski definition) is 2. The van der Waals surface area contributed by atoms with E-state index < -0.39 is 0 Å².